The molecule has 0 aliphatic carbocycles. The summed E-state index contributed by atoms with van der Waals surface area (Å²) >= 11 is 1.74. The highest BCUT2D eigenvalue weighted by Crippen LogP contribution is 2.35. The Labute approximate surface area is 141 Å². The number of hydrogen-bond donors (Lipinski definition) is 1. The van der Waals surface area contributed by atoms with Gasteiger partial charge in [0, 0.05) is 16.1 Å². The van der Waals surface area contributed by atoms with Gasteiger partial charge in [0.2, 0.25) is 0 Å². The zero-order chi connectivity index (χ0) is 15.6. The molecule has 0 amide bonds. The summed E-state index contributed by atoms with van der Waals surface area (Å²) in [6.45, 7) is 3.72. The molecule has 1 N–H and O–H groups in total. The Bertz CT molecular complexity index is 800. The molecule has 23 heavy (non-hydrogen) atoms. The van der Waals surface area contributed by atoms with Crippen LogP contribution in [0.15, 0.2) is 48.5 Å². The SMILES string of the molecule is Oc1ccc2cc(-c3ccc(CCN4CCCC4)cc3)sc2c1. The number of benzene rings is 2. The first kappa shape index (κ1) is 14.7. The maximum absolute atomic E-state index is 9.60. The third kappa shape index (κ3) is 3.26. The summed E-state index contributed by atoms with van der Waals surface area (Å²) in [5, 5.41) is 10.8. The molecule has 0 radical (unpaired) electrons. The molecule has 1 aliphatic heterocycles. The molecule has 1 saturated heterocycles. The third-order valence-electron chi connectivity index (χ3n) is 4.66. The average Bonchev–Trinajstić information content (AvgIpc) is 3.22. The molecule has 1 fully saturated rings. The zero-order valence-electron chi connectivity index (χ0n) is 13.2. The smallest absolute Gasteiger partial charge is 0.117 e. The largest absolute Gasteiger partial charge is 0.508 e. The maximum Gasteiger partial charge on any atom is 0.117 e. The predicted molar refractivity (Wildman–Crippen MR) is 98.3 cm³/mol. The summed E-state index contributed by atoms with van der Waals surface area (Å²) in [7, 11) is 0. The highest BCUT2D eigenvalue weighted by molar-refractivity contribution is 7.22. The fraction of sp³-hybridized carbons (Fsp3) is 0.300. The van der Waals surface area contributed by atoms with Gasteiger partial charge in [-0.15, -0.1) is 11.3 Å². The minimum absolute atomic E-state index is 0.336. The fourth-order valence-electron chi connectivity index (χ4n) is 3.29. The van der Waals surface area contributed by atoms with E-state index < -0.39 is 0 Å². The van der Waals surface area contributed by atoms with Crippen molar-refractivity contribution in [1.29, 1.82) is 0 Å². The third-order valence-corrected chi connectivity index (χ3v) is 5.80. The van der Waals surface area contributed by atoms with Crippen LogP contribution in [0.5, 0.6) is 5.75 Å². The van der Waals surface area contributed by atoms with Crippen LogP contribution in [-0.2, 0) is 6.42 Å². The lowest BCUT2D eigenvalue weighted by Gasteiger charge is -2.14. The van der Waals surface area contributed by atoms with Crippen LogP contribution in [0.1, 0.15) is 18.4 Å². The van der Waals surface area contributed by atoms with Crippen LogP contribution in [0.2, 0.25) is 0 Å². The Morgan fingerprint density at radius 2 is 1.74 bits per heavy atom. The molecule has 3 aromatic rings. The van der Waals surface area contributed by atoms with Crippen molar-refractivity contribution < 1.29 is 5.11 Å². The Balaban J connectivity index is 1.49. The Hall–Kier alpha value is -1.84. The molecule has 2 aromatic carbocycles. The highest BCUT2D eigenvalue weighted by Gasteiger charge is 2.11. The van der Waals surface area contributed by atoms with E-state index in [1.54, 1.807) is 17.4 Å². The molecule has 2 heterocycles. The van der Waals surface area contributed by atoms with Crippen LogP contribution in [-0.4, -0.2) is 29.6 Å². The van der Waals surface area contributed by atoms with E-state index in [1.807, 2.05) is 12.1 Å². The second-order valence-corrected chi connectivity index (χ2v) is 7.41. The number of phenolic OH excluding ortho intramolecular Hbond substituents is 1. The first-order chi connectivity index (χ1) is 11.3. The van der Waals surface area contributed by atoms with E-state index in [2.05, 4.69) is 35.2 Å². The number of thiophene rings is 1. The maximum atomic E-state index is 9.60. The van der Waals surface area contributed by atoms with Gasteiger partial charge in [0.05, 0.1) is 0 Å². The standard InChI is InChI=1S/C20H21NOS/c22-18-8-7-17-13-19(23-20(17)14-18)16-5-3-15(4-6-16)9-12-21-10-1-2-11-21/h3-8,13-14,22H,1-2,9-12H2. The van der Waals surface area contributed by atoms with Crippen molar-refractivity contribution in [3.05, 3.63) is 54.1 Å². The molecular weight excluding hydrogens is 302 g/mol. The number of likely N-dealkylation sites (tertiary alicyclic amines) is 1. The Morgan fingerprint density at radius 1 is 0.957 bits per heavy atom. The molecule has 0 spiro atoms. The lowest BCUT2D eigenvalue weighted by atomic mass is 10.1. The van der Waals surface area contributed by atoms with E-state index in [0.717, 1.165) is 11.1 Å². The topological polar surface area (TPSA) is 23.5 Å². The van der Waals surface area contributed by atoms with Crippen molar-refractivity contribution in [3.8, 4) is 16.2 Å². The molecule has 118 valence electrons. The van der Waals surface area contributed by atoms with Gasteiger partial charge in [-0.3, -0.25) is 0 Å². The average molecular weight is 323 g/mol. The van der Waals surface area contributed by atoms with Crippen molar-refractivity contribution in [3.63, 3.8) is 0 Å². The first-order valence-electron chi connectivity index (χ1n) is 8.32. The summed E-state index contributed by atoms with van der Waals surface area (Å²) in [6, 6.07) is 16.7. The zero-order valence-corrected chi connectivity index (χ0v) is 14.0. The van der Waals surface area contributed by atoms with Gasteiger partial charge in [-0.1, -0.05) is 24.3 Å². The van der Waals surface area contributed by atoms with Crippen molar-refractivity contribution in [2.24, 2.45) is 0 Å². The van der Waals surface area contributed by atoms with Gasteiger partial charge in [-0.2, -0.15) is 0 Å². The summed E-state index contributed by atoms with van der Waals surface area (Å²) < 4.78 is 1.14. The van der Waals surface area contributed by atoms with Gasteiger partial charge in [0.15, 0.2) is 0 Å². The van der Waals surface area contributed by atoms with Crippen LogP contribution in [0.25, 0.3) is 20.5 Å². The molecular formula is C20H21NOS. The van der Waals surface area contributed by atoms with Gasteiger partial charge < -0.3 is 10.0 Å². The molecule has 2 nitrogen and oxygen atoms in total. The van der Waals surface area contributed by atoms with Crippen LogP contribution >= 0.6 is 11.3 Å². The van der Waals surface area contributed by atoms with Crippen LogP contribution in [0.3, 0.4) is 0 Å². The summed E-state index contributed by atoms with van der Waals surface area (Å²) in [4.78, 5) is 3.82. The normalized spacial score (nSPS) is 15.5. The second kappa shape index (κ2) is 6.34. The number of nitrogens with zero attached hydrogens (tertiary/aromatic N) is 1. The monoisotopic (exact) mass is 323 g/mol. The van der Waals surface area contributed by atoms with Gasteiger partial charge in [0.1, 0.15) is 5.75 Å². The van der Waals surface area contributed by atoms with E-state index in [0.29, 0.717) is 5.75 Å². The van der Waals surface area contributed by atoms with Crippen molar-refractivity contribution >= 4 is 21.4 Å². The minimum Gasteiger partial charge on any atom is -0.508 e. The van der Waals surface area contributed by atoms with Gasteiger partial charge in [-0.05, 0) is 73.1 Å². The molecule has 1 aromatic heterocycles. The Morgan fingerprint density at radius 3 is 2.52 bits per heavy atom. The highest BCUT2D eigenvalue weighted by atomic mass is 32.1. The molecule has 0 bridgehead atoms. The molecule has 0 atom stereocenters. The van der Waals surface area contributed by atoms with Crippen LogP contribution in [0, 0.1) is 0 Å². The van der Waals surface area contributed by atoms with Crippen molar-refractivity contribution in [2.75, 3.05) is 19.6 Å². The molecule has 0 saturated carbocycles. The summed E-state index contributed by atoms with van der Waals surface area (Å²) in [5.41, 5.74) is 2.68. The number of rotatable bonds is 4. The lowest BCUT2D eigenvalue weighted by Crippen LogP contribution is -2.21. The van der Waals surface area contributed by atoms with E-state index in [-0.39, 0.29) is 0 Å². The quantitative estimate of drug-likeness (QED) is 0.737. The molecule has 0 unspecified atom stereocenters. The fourth-order valence-corrected chi connectivity index (χ4v) is 4.39. The van der Waals surface area contributed by atoms with E-state index >= 15 is 0 Å². The number of aromatic hydroxyl groups is 1. The minimum atomic E-state index is 0.336. The Kier molecular flexibility index (Phi) is 4.06. The second-order valence-electron chi connectivity index (χ2n) is 6.33. The van der Waals surface area contributed by atoms with Gasteiger partial charge >= 0.3 is 0 Å². The van der Waals surface area contributed by atoms with E-state index in [4.69, 9.17) is 0 Å². The molecule has 4 rings (SSSR count). The summed E-state index contributed by atoms with van der Waals surface area (Å²) in [6.07, 6.45) is 3.86. The predicted octanol–water partition coefficient (Wildman–Crippen LogP) is 4.91. The first-order valence-corrected chi connectivity index (χ1v) is 9.14. The van der Waals surface area contributed by atoms with Crippen molar-refractivity contribution in [2.45, 2.75) is 19.3 Å². The molecule has 3 heteroatoms. The van der Waals surface area contributed by atoms with E-state index in [9.17, 15) is 5.11 Å². The van der Waals surface area contributed by atoms with Crippen LogP contribution < -0.4 is 0 Å². The molecule has 1 aliphatic rings. The van der Waals surface area contributed by atoms with Gasteiger partial charge in [-0.25, -0.2) is 0 Å². The van der Waals surface area contributed by atoms with Gasteiger partial charge in [0.25, 0.3) is 0 Å². The number of fused-ring (bicyclic) bond motifs is 1. The summed E-state index contributed by atoms with van der Waals surface area (Å²) in [5.74, 6) is 0.336. The van der Waals surface area contributed by atoms with Crippen LogP contribution in [0.4, 0.5) is 0 Å². The number of phenols is 1. The van der Waals surface area contributed by atoms with E-state index in [1.165, 1.54) is 53.9 Å². The number of hydrogen-bond acceptors (Lipinski definition) is 3. The lowest BCUT2D eigenvalue weighted by molar-refractivity contribution is 0.343. The van der Waals surface area contributed by atoms with Crippen molar-refractivity contribution in [1.82, 2.24) is 4.90 Å².